The van der Waals surface area contributed by atoms with Crippen LogP contribution in [0.1, 0.15) is 16.1 Å². The summed E-state index contributed by atoms with van der Waals surface area (Å²) in [5.41, 5.74) is 1.49. The van der Waals surface area contributed by atoms with Crippen molar-refractivity contribution in [1.82, 2.24) is 5.32 Å². The van der Waals surface area contributed by atoms with Gasteiger partial charge in [-0.2, -0.15) is 0 Å². The Morgan fingerprint density at radius 1 is 1.07 bits per heavy atom. The maximum Gasteiger partial charge on any atom is 0.287 e. The topological polar surface area (TPSA) is 87.0 Å². The summed E-state index contributed by atoms with van der Waals surface area (Å²) in [6, 6.07) is 13.5. The summed E-state index contributed by atoms with van der Waals surface area (Å²) < 4.78 is 21.3. The molecule has 0 radical (unpaired) electrons. The Morgan fingerprint density at radius 2 is 1.79 bits per heavy atom. The molecule has 1 N–H and O–H groups in total. The van der Waals surface area contributed by atoms with Crippen molar-refractivity contribution in [1.29, 1.82) is 0 Å². The number of carbonyl (C=O) groups is 2. The van der Waals surface area contributed by atoms with Crippen molar-refractivity contribution in [3.63, 3.8) is 0 Å². The lowest BCUT2D eigenvalue weighted by Gasteiger charge is -2.12. The van der Waals surface area contributed by atoms with Gasteiger partial charge in [0.15, 0.2) is 5.76 Å². The molecule has 2 aromatic carbocycles. The van der Waals surface area contributed by atoms with E-state index in [0.717, 1.165) is 16.7 Å². The lowest BCUT2D eigenvalue weighted by Crippen LogP contribution is -2.39. The quantitative estimate of drug-likeness (QED) is 0.572. The van der Waals surface area contributed by atoms with Crippen LogP contribution in [0, 0.1) is 0 Å². The van der Waals surface area contributed by atoms with Gasteiger partial charge in [-0.25, -0.2) is 0 Å². The number of ether oxygens (including phenoxy) is 3. The van der Waals surface area contributed by atoms with Gasteiger partial charge in [-0.05, 0) is 42.0 Å². The van der Waals surface area contributed by atoms with Crippen LogP contribution in [0.25, 0.3) is 11.0 Å². The van der Waals surface area contributed by atoms with Crippen LogP contribution >= 0.6 is 0 Å². The number of hydrogen-bond donors (Lipinski definition) is 1. The molecule has 1 heterocycles. The Balaban J connectivity index is 1.55. The van der Waals surface area contributed by atoms with E-state index in [1.165, 1.54) is 0 Å². The summed E-state index contributed by atoms with van der Waals surface area (Å²) in [7, 11) is 3.16. The highest BCUT2D eigenvalue weighted by Crippen LogP contribution is 2.24. The molecule has 7 nitrogen and oxygen atoms in total. The Morgan fingerprint density at radius 3 is 2.46 bits per heavy atom. The maximum absolute atomic E-state index is 12.4. The van der Waals surface area contributed by atoms with E-state index in [4.69, 9.17) is 18.6 Å². The predicted octanol–water partition coefficient (Wildman–Crippen LogP) is 2.96. The fourth-order valence-electron chi connectivity index (χ4n) is 2.64. The van der Waals surface area contributed by atoms with Crippen LogP contribution in [0.5, 0.6) is 11.5 Å². The Bertz CT molecular complexity index is 947. The molecule has 146 valence electrons. The van der Waals surface area contributed by atoms with Crippen molar-refractivity contribution in [2.24, 2.45) is 0 Å². The second-order valence-electron chi connectivity index (χ2n) is 6.09. The number of furan rings is 1. The summed E-state index contributed by atoms with van der Waals surface area (Å²) in [6.07, 6.45) is 0.637. The molecule has 0 aliphatic heterocycles. The number of rotatable bonds is 9. The van der Waals surface area contributed by atoms with Crippen LogP contribution in [0.3, 0.4) is 0 Å². The molecule has 0 saturated carbocycles. The van der Waals surface area contributed by atoms with Gasteiger partial charge >= 0.3 is 0 Å². The monoisotopic (exact) mass is 383 g/mol. The van der Waals surface area contributed by atoms with Crippen molar-refractivity contribution in [2.75, 3.05) is 20.8 Å². The third-order valence-electron chi connectivity index (χ3n) is 4.15. The van der Waals surface area contributed by atoms with Gasteiger partial charge in [0.1, 0.15) is 29.4 Å². The fourth-order valence-corrected chi connectivity index (χ4v) is 2.64. The molecule has 0 aliphatic carbocycles. The first-order valence-electron chi connectivity index (χ1n) is 8.67. The number of hydrogen-bond acceptors (Lipinski definition) is 6. The SMILES string of the molecule is COc1ccc(COCC(C=O)NC(=O)c2cc3cc(OC)ccc3o2)cc1. The largest absolute Gasteiger partial charge is 0.497 e. The van der Waals surface area contributed by atoms with Crippen LogP contribution in [0.4, 0.5) is 0 Å². The fraction of sp³-hybridized carbons (Fsp3) is 0.238. The van der Waals surface area contributed by atoms with Crippen molar-refractivity contribution in [3.8, 4) is 11.5 Å². The third-order valence-corrected chi connectivity index (χ3v) is 4.15. The van der Waals surface area contributed by atoms with Crippen molar-refractivity contribution >= 4 is 23.2 Å². The molecule has 1 amide bonds. The van der Waals surface area contributed by atoms with E-state index in [9.17, 15) is 9.59 Å². The normalized spacial score (nSPS) is 11.8. The average molecular weight is 383 g/mol. The number of nitrogens with one attached hydrogen (secondary N) is 1. The first kappa shape index (κ1) is 19.4. The first-order chi connectivity index (χ1) is 13.6. The highest BCUT2D eigenvalue weighted by Gasteiger charge is 2.17. The molecular weight excluding hydrogens is 362 g/mol. The first-order valence-corrected chi connectivity index (χ1v) is 8.67. The molecule has 0 bridgehead atoms. The second-order valence-corrected chi connectivity index (χ2v) is 6.09. The van der Waals surface area contributed by atoms with Crippen LogP contribution in [-0.2, 0) is 16.1 Å². The van der Waals surface area contributed by atoms with Gasteiger partial charge in [0.25, 0.3) is 5.91 Å². The van der Waals surface area contributed by atoms with Crippen LogP contribution < -0.4 is 14.8 Å². The van der Waals surface area contributed by atoms with E-state index < -0.39 is 11.9 Å². The highest BCUT2D eigenvalue weighted by atomic mass is 16.5. The zero-order chi connectivity index (χ0) is 19.9. The van der Waals surface area contributed by atoms with Crippen LogP contribution in [0.15, 0.2) is 52.9 Å². The molecule has 1 unspecified atom stereocenters. The van der Waals surface area contributed by atoms with E-state index in [1.807, 2.05) is 24.3 Å². The summed E-state index contributed by atoms with van der Waals surface area (Å²) in [5, 5.41) is 3.34. The standard InChI is InChI=1S/C21H21NO6/c1-25-17-5-3-14(4-6-17)12-27-13-16(11-23)22-21(24)20-10-15-9-18(26-2)7-8-19(15)28-20/h3-11,16H,12-13H2,1-2H3,(H,22,24). The summed E-state index contributed by atoms with van der Waals surface area (Å²) in [5.74, 6) is 1.05. The molecule has 0 fully saturated rings. The van der Waals surface area contributed by atoms with E-state index in [0.29, 0.717) is 24.2 Å². The molecule has 7 heteroatoms. The Labute approximate surface area is 162 Å². The van der Waals surface area contributed by atoms with Crippen molar-refractivity contribution < 1.29 is 28.2 Å². The smallest absolute Gasteiger partial charge is 0.287 e. The molecule has 1 aromatic heterocycles. The number of amides is 1. The van der Waals surface area contributed by atoms with Crippen LogP contribution in [-0.4, -0.2) is 39.1 Å². The Kier molecular flexibility index (Phi) is 6.29. The van der Waals surface area contributed by atoms with Gasteiger partial charge in [-0.1, -0.05) is 12.1 Å². The average Bonchev–Trinajstić information content (AvgIpc) is 3.16. The molecule has 28 heavy (non-hydrogen) atoms. The molecule has 3 rings (SSSR count). The summed E-state index contributed by atoms with van der Waals surface area (Å²) >= 11 is 0. The lowest BCUT2D eigenvalue weighted by molar-refractivity contribution is -0.110. The Hall–Kier alpha value is -3.32. The zero-order valence-corrected chi connectivity index (χ0v) is 15.6. The molecule has 1 atom stereocenters. The second kappa shape index (κ2) is 9.05. The minimum Gasteiger partial charge on any atom is -0.497 e. The number of aldehydes is 1. The van der Waals surface area contributed by atoms with Crippen molar-refractivity contribution in [3.05, 3.63) is 59.9 Å². The number of methoxy groups -OCH3 is 2. The van der Waals surface area contributed by atoms with Crippen molar-refractivity contribution in [2.45, 2.75) is 12.6 Å². The van der Waals surface area contributed by atoms with E-state index >= 15 is 0 Å². The zero-order valence-electron chi connectivity index (χ0n) is 15.6. The predicted molar refractivity (Wildman–Crippen MR) is 103 cm³/mol. The van der Waals surface area contributed by atoms with E-state index in [-0.39, 0.29) is 12.4 Å². The molecule has 3 aromatic rings. The third kappa shape index (κ3) is 4.69. The van der Waals surface area contributed by atoms with Gasteiger partial charge in [0.05, 0.1) is 27.4 Å². The highest BCUT2D eigenvalue weighted by molar-refractivity contribution is 5.97. The van der Waals surface area contributed by atoms with Gasteiger partial charge in [0, 0.05) is 5.39 Å². The minimum absolute atomic E-state index is 0.0509. The lowest BCUT2D eigenvalue weighted by atomic mass is 10.2. The molecule has 0 aliphatic rings. The summed E-state index contributed by atoms with van der Waals surface area (Å²) in [6.45, 7) is 0.365. The van der Waals surface area contributed by atoms with E-state index in [1.54, 1.807) is 38.5 Å². The van der Waals surface area contributed by atoms with Gasteiger partial charge in [-0.15, -0.1) is 0 Å². The van der Waals surface area contributed by atoms with Gasteiger partial charge in [0.2, 0.25) is 0 Å². The minimum atomic E-state index is -0.784. The summed E-state index contributed by atoms with van der Waals surface area (Å²) in [4.78, 5) is 23.7. The maximum atomic E-state index is 12.4. The molecule has 0 saturated heterocycles. The van der Waals surface area contributed by atoms with E-state index in [2.05, 4.69) is 5.32 Å². The number of benzene rings is 2. The number of carbonyl (C=O) groups excluding carboxylic acids is 2. The van der Waals surface area contributed by atoms with Crippen LogP contribution in [0.2, 0.25) is 0 Å². The van der Waals surface area contributed by atoms with Gasteiger partial charge < -0.3 is 28.7 Å². The molecular formula is C21H21NO6. The number of fused-ring (bicyclic) bond motifs is 1. The van der Waals surface area contributed by atoms with Gasteiger partial charge in [-0.3, -0.25) is 4.79 Å². The molecule has 0 spiro atoms.